The highest BCUT2D eigenvalue weighted by molar-refractivity contribution is 7.95. The molecule has 2 aliphatic heterocycles. The van der Waals surface area contributed by atoms with Crippen LogP contribution in [0.5, 0.6) is 0 Å². The molecule has 2 amide bonds. The van der Waals surface area contributed by atoms with Crippen LogP contribution in [0, 0.1) is 0 Å². The molecule has 28 heteroatoms. The number of esters is 2. The molecule has 4 N–H and O–H groups in total. The predicted octanol–water partition coefficient (Wildman–Crippen LogP) is 0.951. The molecule has 22 nitrogen and oxygen atoms in total. The van der Waals surface area contributed by atoms with E-state index in [1.54, 1.807) is 13.8 Å². The van der Waals surface area contributed by atoms with Gasteiger partial charge in [-0.3, -0.25) is 14.4 Å². The van der Waals surface area contributed by atoms with E-state index in [1.807, 2.05) is 23.3 Å². The van der Waals surface area contributed by atoms with Crippen molar-refractivity contribution in [1.82, 2.24) is 28.7 Å². The number of amides is 2. The molecule has 0 bridgehead atoms. The molecule has 0 unspecified atom stereocenters. The summed E-state index contributed by atoms with van der Waals surface area (Å²) in [6.45, 7) is 9.86. The fraction of sp³-hybridized carbons (Fsp3) is 0.611. The third-order valence-electron chi connectivity index (χ3n) is 9.02. The minimum absolute atomic E-state index is 0.0635. The number of hydrogen-bond donors (Lipinski definition) is 4. The summed E-state index contributed by atoms with van der Waals surface area (Å²) in [4.78, 5) is 46.6. The van der Waals surface area contributed by atoms with Gasteiger partial charge in [-0.15, -0.1) is 22.7 Å². The number of sulfonamides is 4. The van der Waals surface area contributed by atoms with Gasteiger partial charge in [0.15, 0.2) is 0 Å². The first-order valence-corrected chi connectivity index (χ1v) is 27.5. The van der Waals surface area contributed by atoms with E-state index in [0.717, 1.165) is 12.2 Å². The van der Waals surface area contributed by atoms with Crippen LogP contribution in [0.1, 0.15) is 76.6 Å². The van der Waals surface area contributed by atoms with E-state index in [0.29, 0.717) is 72.9 Å². The van der Waals surface area contributed by atoms with E-state index >= 15 is 0 Å². The van der Waals surface area contributed by atoms with Crippen molar-refractivity contribution in [3.05, 3.63) is 35.4 Å². The average Bonchev–Trinajstić information content (AvgIpc) is 3.90. The van der Waals surface area contributed by atoms with Gasteiger partial charge in [0, 0.05) is 95.4 Å². The molecule has 2 aliphatic rings. The van der Waals surface area contributed by atoms with E-state index < -0.39 is 69.9 Å². The number of nitrogens with one attached hydrogen (secondary N) is 4. The summed E-state index contributed by atoms with van der Waals surface area (Å²) in [5.41, 5.74) is 0.703. The molecule has 362 valence electrons. The van der Waals surface area contributed by atoms with Crippen molar-refractivity contribution in [3.8, 4) is 0 Å². The van der Waals surface area contributed by atoms with Gasteiger partial charge in [-0.25, -0.2) is 47.9 Å². The van der Waals surface area contributed by atoms with E-state index in [2.05, 4.69) is 15.4 Å². The van der Waals surface area contributed by atoms with Crippen LogP contribution in [-0.2, 0) is 78.2 Å². The second-order valence-electron chi connectivity index (χ2n) is 13.6. The molecule has 64 heavy (non-hydrogen) atoms. The molecule has 0 radical (unpaired) electrons. The molecule has 0 spiro atoms. The number of carbonyl (C=O) groups is 4. The van der Waals surface area contributed by atoms with Crippen molar-refractivity contribution in [2.45, 2.75) is 82.3 Å². The third-order valence-corrected chi connectivity index (χ3v) is 19.8. The van der Waals surface area contributed by atoms with Gasteiger partial charge < -0.3 is 29.6 Å². The number of ether oxygens (including phenoxy) is 4. The first kappa shape index (κ1) is 54.9. The maximum atomic E-state index is 13.1. The summed E-state index contributed by atoms with van der Waals surface area (Å²) in [5, 5.41) is 6.36. The number of fused-ring (bicyclic) bond motifs is 2. The zero-order valence-corrected chi connectivity index (χ0v) is 41.1. The number of likely N-dealkylation sites (N-methyl/N-ethyl adjacent to an activating group) is 2. The summed E-state index contributed by atoms with van der Waals surface area (Å²) < 4.78 is 128. The van der Waals surface area contributed by atoms with Gasteiger partial charge >= 0.3 is 11.9 Å². The van der Waals surface area contributed by atoms with Crippen LogP contribution in [0.2, 0.25) is 0 Å². The minimum Gasteiger partial charge on any atom is -0.466 e. The Morgan fingerprint density at radius 3 is 1.58 bits per heavy atom. The Hall–Kier alpha value is -3.42. The van der Waals surface area contributed by atoms with Crippen LogP contribution >= 0.6 is 22.7 Å². The summed E-state index contributed by atoms with van der Waals surface area (Å²) in [6.07, 6.45) is 1.90. The highest BCUT2D eigenvalue weighted by Gasteiger charge is 2.41. The number of carbonyl (C=O) groups excluding carboxylic acids is 4. The van der Waals surface area contributed by atoms with E-state index in [4.69, 9.17) is 14.2 Å². The number of rotatable bonds is 23. The van der Waals surface area contributed by atoms with Crippen LogP contribution in [0.25, 0.3) is 0 Å². The Labute approximate surface area is 382 Å². The van der Waals surface area contributed by atoms with Crippen molar-refractivity contribution in [2.75, 3.05) is 79.9 Å². The third kappa shape index (κ3) is 14.8. The molecule has 0 aromatic carbocycles. The fourth-order valence-electron chi connectivity index (χ4n) is 6.21. The minimum atomic E-state index is -4.36. The zero-order chi connectivity index (χ0) is 47.9. The van der Waals surface area contributed by atoms with Crippen LogP contribution in [0.4, 0.5) is 0 Å². The Kier molecular flexibility index (Phi) is 21.4. The number of nitrogens with zero attached hydrogens (tertiary/aromatic N) is 2. The number of thiophene rings is 2. The highest BCUT2D eigenvalue weighted by atomic mass is 32.3. The molecule has 4 heterocycles. The molecule has 0 saturated carbocycles. The average molecular weight is 1020 g/mol. The molecular formula is C36H56N6O16S6. The van der Waals surface area contributed by atoms with Crippen LogP contribution in [0.15, 0.2) is 41.1 Å². The second-order valence-corrected chi connectivity index (χ2v) is 23.8. The smallest absolute Gasteiger partial charge is 0.330 e. The number of methoxy groups -OCH3 is 2. The van der Waals surface area contributed by atoms with Crippen molar-refractivity contribution in [1.29, 1.82) is 0 Å². The SMILES string of the molecule is CCN[C@H]1CN(CCCOC)S(=O)(=O)c2sc(S(=O)(=O)NC(=O)/C=C/C(=O)OCC)cc21.CCN[C@H]1CN(CCCOC)S(=O)(=O)c2sc(S(=O)(=O)NC(=O)CCC(=O)OCC)cc21. The lowest BCUT2D eigenvalue weighted by Crippen LogP contribution is -2.43. The summed E-state index contributed by atoms with van der Waals surface area (Å²) in [5.74, 6) is -3.34. The van der Waals surface area contributed by atoms with E-state index in [1.165, 1.54) is 35.0 Å². The first-order chi connectivity index (χ1) is 30.1. The van der Waals surface area contributed by atoms with Gasteiger partial charge in [-0.1, -0.05) is 13.8 Å². The molecule has 2 atom stereocenters. The second kappa shape index (κ2) is 24.9. The van der Waals surface area contributed by atoms with E-state index in [9.17, 15) is 52.8 Å². The lowest BCUT2D eigenvalue weighted by atomic mass is 10.1. The molecule has 0 fully saturated rings. The zero-order valence-electron chi connectivity index (χ0n) is 36.2. The van der Waals surface area contributed by atoms with Gasteiger partial charge in [0.2, 0.25) is 5.91 Å². The fourth-order valence-corrected chi connectivity index (χ4v) is 15.9. The van der Waals surface area contributed by atoms with Crippen molar-refractivity contribution in [3.63, 3.8) is 0 Å². The lowest BCUT2D eigenvalue weighted by Gasteiger charge is -2.32. The Morgan fingerprint density at radius 1 is 0.703 bits per heavy atom. The highest BCUT2D eigenvalue weighted by Crippen LogP contribution is 2.41. The first-order valence-electron chi connectivity index (χ1n) is 20.0. The normalized spacial score (nSPS) is 18.3. The van der Waals surface area contributed by atoms with Gasteiger partial charge in [-0.05, 0) is 51.9 Å². The molecule has 0 saturated heterocycles. The molecule has 4 rings (SSSR count). The monoisotopic (exact) mass is 1020 g/mol. The summed E-state index contributed by atoms with van der Waals surface area (Å²) >= 11 is 1.18. The maximum Gasteiger partial charge on any atom is 0.330 e. The predicted molar refractivity (Wildman–Crippen MR) is 234 cm³/mol. The topological polar surface area (TPSA) is 296 Å². The summed E-state index contributed by atoms with van der Waals surface area (Å²) in [7, 11) is -13.4. The standard InChI is InChI=1S/C18H29N3O8S3.C18H27N3O8S3/c2*1-4-19-14-12-21(9-6-10-28-3)32(26,27)18-13(14)11-17(30-18)31(24,25)20-15(22)7-8-16(23)29-5-2/h11,14,19H,4-10,12H2,1-3H3,(H,20,22);7-8,11,14,19H,4-6,9-10,12H2,1-3H3,(H,20,22)/b;8-7+/t2*14-/m00/s1. The largest absolute Gasteiger partial charge is 0.466 e. The van der Waals surface area contributed by atoms with Crippen molar-refractivity contribution >= 4 is 86.5 Å². The van der Waals surface area contributed by atoms with Gasteiger partial charge in [0.1, 0.15) is 16.8 Å². The molecule has 2 aromatic heterocycles. The van der Waals surface area contributed by atoms with Crippen LogP contribution < -0.4 is 20.1 Å². The summed E-state index contributed by atoms with van der Waals surface area (Å²) in [6, 6.07) is 1.77. The molecule has 0 aliphatic carbocycles. The number of hydrogen-bond acceptors (Lipinski definition) is 20. The Morgan fingerprint density at radius 2 is 1.16 bits per heavy atom. The maximum absolute atomic E-state index is 13.1. The van der Waals surface area contributed by atoms with Gasteiger partial charge in [0.25, 0.3) is 46.0 Å². The van der Waals surface area contributed by atoms with Gasteiger partial charge in [-0.2, -0.15) is 8.61 Å². The Balaban J connectivity index is 0.000000340. The molecular weight excluding hydrogens is 965 g/mol. The van der Waals surface area contributed by atoms with E-state index in [-0.39, 0.29) is 75.1 Å². The Bertz CT molecular complexity index is 2420. The molecule has 2 aromatic rings. The van der Waals surface area contributed by atoms with Crippen LogP contribution in [-0.4, -0.2) is 146 Å². The lowest BCUT2D eigenvalue weighted by molar-refractivity contribution is -0.144. The van der Waals surface area contributed by atoms with Crippen molar-refractivity contribution < 1.29 is 71.8 Å². The van der Waals surface area contributed by atoms with Crippen LogP contribution in [0.3, 0.4) is 0 Å². The quantitative estimate of drug-likeness (QED) is 0.0684. The van der Waals surface area contributed by atoms with Crippen molar-refractivity contribution in [2.24, 2.45) is 0 Å². The van der Waals surface area contributed by atoms with Gasteiger partial charge in [0.05, 0.1) is 19.6 Å².